The van der Waals surface area contributed by atoms with Gasteiger partial charge in [-0.3, -0.25) is 0 Å². The summed E-state index contributed by atoms with van der Waals surface area (Å²) in [6.45, 7) is 3.34. The van der Waals surface area contributed by atoms with Gasteiger partial charge in [-0.25, -0.2) is 13.2 Å². The summed E-state index contributed by atoms with van der Waals surface area (Å²) in [6, 6.07) is 1.77. The molecular weight excluding hydrogens is 296 g/mol. The average Bonchev–Trinajstić information content (AvgIpc) is 2.52. The minimum atomic E-state index is -1.49. The van der Waals surface area contributed by atoms with Crippen molar-refractivity contribution in [3.8, 4) is 0 Å². The largest absolute Gasteiger partial charge is 0.494 e. The summed E-state index contributed by atoms with van der Waals surface area (Å²) < 4.78 is 55.7. The lowest BCUT2D eigenvalue weighted by molar-refractivity contribution is -0.0432. The molecule has 1 fully saturated rings. The Morgan fingerprint density at radius 3 is 2.32 bits per heavy atom. The van der Waals surface area contributed by atoms with Crippen LogP contribution in [0.15, 0.2) is 12.1 Å². The van der Waals surface area contributed by atoms with Crippen molar-refractivity contribution in [2.24, 2.45) is 0 Å². The highest BCUT2D eigenvalue weighted by Crippen LogP contribution is 2.12. The Balaban J connectivity index is 1.77. The van der Waals surface area contributed by atoms with Crippen LogP contribution in [0.3, 0.4) is 0 Å². The van der Waals surface area contributed by atoms with Crippen LogP contribution in [-0.2, 0) is 14.0 Å². The van der Waals surface area contributed by atoms with Gasteiger partial charge in [0, 0.05) is 6.61 Å². The SMILES string of the molecule is CCCCCCOC1COB(c2cc(F)c(F)c(F)c2)OC1. The van der Waals surface area contributed by atoms with E-state index in [1.165, 1.54) is 12.8 Å². The van der Waals surface area contributed by atoms with E-state index in [2.05, 4.69) is 6.92 Å². The molecule has 1 aliphatic heterocycles. The highest BCUT2D eigenvalue weighted by molar-refractivity contribution is 6.61. The van der Waals surface area contributed by atoms with Crippen LogP contribution in [-0.4, -0.2) is 33.0 Å². The highest BCUT2D eigenvalue weighted by Gasteiger charge is 2.31. The van der Waals surface area contributed by atoms with Crippen molar-refractivity contribution in [2.75, 3.05) is 19.8 Å². The first-order valence-corrected chi connectivity index (χ1v) is 7.61. The summed E-state index contributed by atoms with van der Waals surface area (Å²) in [4.78, 5) is 0. The van der Waals surface area contributed by atoms with Crippen molar-refractivity contribution >= 4 is 12.6 Å². The van der Waals surface area contributed by atoms with Crippen LogP contribution in [0, 0.1) is 17.5 Å². The molecule has 1 aliphatic rings. The number of ether oxygens (including phenoxy) is 1. The fraction of sp³-hybridized carbons (Fsp3) is 0.600. The Hall–Kier alpha value is -1.05. The van der Waals surface area contributed by atoms with Crippen LogP contribution in [0.5, 0.6) is 0 Å². The van der Waals surface area contributed by atoms with Gasteiger partial charge in [-0.2, -0.15) is 0 Å². The summed E-state index contributed by atoms with van der Waals surface area (Å²) in [5.41, 5.74) is 0.123. The molecule has 0 atom stereocenters. The predicted molar refractivity (Wildman–Crippen MR) is 77.5 cm³/mol. The standard InChI is InChI=1S/C15H20BF3O3/c1-2-3-4-5-6-20-12-9-21-16(22-10-12)11-7-13(17)15(19)14(18)8-11/h7-8,12H,2-6,9-10H2,1H3. The van der Waals surface area contributed by atoms with Crippen LogP contribution in [0.25, 0.3) is 0 Å². The van der Waals surface area contributed by atoms with Gasteiger partial charge in [0.25, 0.3) is 0 Å². The third-order valence-corrected chi connectivity index (χ3v) is 3.50. The molecule has 1 saturated heterocycles. The van der Waals surface area contributed by atoms with Crippen LogP contribution in [0.2, 0.25) is 0 Å². The Labute approximate surface area is 128 Å². The lowest BCUT2D eigenvalue weighted by Gasteiger charge is -2.27. The third-order valence-electron chi connectivity index (χ3n) is 3.50. The van der Waals surface area contributed by atoms with Gasteiger partial charge in [0.05, 0.1) is 13.2 Å². The van der Waals surface area contributed by atoms with Gasteiger partial charge in [-0.15, -0.1) is 0 Å². The topological polar surface area (TPSA) is 27.7 Å². The van der Waals surface area contributed by atoms with E-state index in [4.69, 9.17) is 14.0 Å². The minimum absolute atomic E-state index is 0.123. The van der Waals surface area contributed by atoms with E-state index < -0.39 is 24.6 Å². The zero-order chi connectivity index (χ0) is 15.9. The van der Waals surface area contributed by atoms with Crippen LogP contribution < -0.4 is 5.46 Å². The fourth-order valence-corrected chi connectivity index (χ4v) is 2.26. The van der Waals surface area contributed by atoms with Gasteiger partial charge >= 0.3 is 7.12 Å². The van der Waals surface area contributed by atoms with Crippen LogP contribution in [0.1, 0.15) is 32.6 Å². The molecule has 122 valence electrons. The number of hydrogen-bond acceptors (Lipinski definition) is 3. The Kier molecular flexibility index (Phi) is 6.73. The van der Waals surface area contributed by atoms with Crippen molar-refractivity contribution in [1.82, 2.24) is 0 Å². The van der Waals surface area contributed by atoms with Crippen molar-refractivity contribution in [1.29, 1.82) is 0 Å². The zero-order valence-corrected chi connectivity index (χ0v) is 12.6. The molecular formula is C15H20BF3O3. The van der Waals surface area contributed by atoms with E-state index in [0.717, 1.165) is 25.0 Å². The van der Waals surface area contributed by atoms with Gasteiger partial charge in [-0.05, 0) is 24.0 Å². The van der Waals surface area contributed by atoms with E-state index in [-0.39, 0.29) is 24.8 Å². The molecule has 3 nitrogen and oxygen atoms in total. The van der Waals surface area contributed by atoms with E-state index in [0.29, 0.717) is 6.61 Å². The number of rotatable bonds is 7. The summed E-state index contributed by atoms with van der Waals surface area (Å²) in [7, 11) is -0.899. The fourth-order valence-electron chi connectivity index (χ4n) is 2.26. The van der Waals surface area contributed by atoms with E-state index >= 15 is 0 Å². The normalized spacial score (nSPS) is 16.3. The van der Waals surface area contributed by atoms with Gasteiger partial charge < -0.3 is 14.0 Å². The minimum Gasteiger partial charge on any atom is -0.404 e. The summed E-state index contributed by atoms with van der Waals surface area (Å²) >= 11 is 0. The van der Waals surface area contributed by atoms with Crippen LogP contribution in [0.4, 0.5) is 13.2 Å². The molecule has 0 spiro atoms. The first-order valence-electron chi connectivity index (χ1n) is 7.61. The second-order valence-corrected chi connectivity index (χ2v) is 5.35. The Morgan fingerprint density at radius 2 is 1.73 bits per heavy atom. The molecule has 0 radical (unpaired) electrons. The molecule has 0 N–H and O–H groups in total. The molecule has 1 aromatic rings. The highest BCUT2D eigenvalue weighted by atomic mass is 19.2. The lowest BCUT2D eigenvalue weighted by atomic mass is 9.78. The van der Waals surface area contributed by atoms with Crippen molar-refractivity contribution in [2.45, 2.75) is 38.7 Å². The molecule has 0 amide bonds. The van der Waals surface area contributed by atoms with E-state index in [1.54, 1.807) is 0 Å². The smallest absolute Gasteiger partial charge is 0.404 e. The molecule has 2 rings (SSSR count). The quantitative estimate of drug-likeness (QED) is 0.440. The maximum Gasteiger partial charge on any atom is 0.494 e. The summed E-state index contributed by atoms with van der Waals surface area (Å²) in [5, 5.41) is 0. The summed E-state index contributed by atoms with van der Waals surface area (Å²) in [5.74, 6) is -4.00. The van der Waals surface area contributed by atoms with Gasteiger partial charge in [0.1, 0.15) is 6.10 Å². The van der Waals surface area contributed by atoms with Gasteiger partial charge in [0.15, 0.2) is 17.5 Å². The number of unbranched alkanes of at least 4 members (excludes halogenated alkanes) is 3. The molecule has 22 heavy (non-hydrogen) atoms. The summed E-state index contributed by atoms with van der Waals surface area (Å²) in [6.07, 6.45) is 4.28. The maximum atomic E-state index is 13.2. The zero-order valence-electron chi connectivity index (χ0n) is 12.6. The first kappa shape index (κ1) is 17.3. The Morgan fingerprint density at radius 1 is 1.09 bits per heavy atom. The molecule has 1 aromatic carbocycles. The molecule has 0 aliphatic carbocycles. The van der Waals surface area contributed by atoms with Crippen molar-refractivity contribution in [3.05, 3.63) is 29.6 Å². The molecule has 0 bridgehead atoms. The maximum absolute atomic E-state index is 13.2. The Bertz CT molecular complexity index is 456. The third kappa shape index (κ3) is 4.73. The van der Waals surface area contributed by atoms with Crippen molar-refractivity contribution < 1.29 is 27.2 Å². The molecule has 0 unspecified atom stereocenters. The number of halogens is 3. The second-order valence-electron chi connectivity index (χ2n) is 5.35. The average molecular weight is 316 g/mol. The lowest BCUT2D eigenvalue weighted by Crippen LogP contribution is -2.47. The van der Waals surface area contributed by atoms with E-state index in [1.807, 2.05) is 0 Å². The number of hydrogen-bond donors (Lipinski definition) is 0. The van der Waals surface area contributed by atoms with Gasteiger partial charge in [-0.1, -0.05) is 26.2 Å². The molecule has 0 aromatic heterocycles. The number of benzene rings is 1. The van der Waals surface area contributed by atoms with Crippen LogP contribution >= 0.6 is 0 Å². The monoisotopic (exact) mass is 316 g/mol. The van der Waals surface area contributed by atoms with Crippen molar-refractivity contribution in [3.63, 3.8) is 0 Å². The molecule has 1 heterocycles. The second kappa shape index (κ2) is 8.55. The van der Waals surface area contributed by atoms with E-state index in [9.17, 15) is 13.2 Å². The predicted octanol–water partition coefficient (Wildman–Crippen LogP) is 2.81. The molecule has 7 heteroatoms. The molecule has 0 saturated carbocycles. The van der Waals surface area contributed by atoms with Gasteiger partial charge in [0.2, 0.25) is 0 Å². The first-order chi connectivity index (χ1) is 10.6.